The predicted molar refractivity (Wildman–Crippen MR) is 80.7 cm³/mol. The van der Waals surface area contributed by atoms with Crippen molar-refractivity contribution in [1.82, 2.24) is 5.32 Å². The van der Waals surface area contributed by atoms with E-state index in [1.807, 2.05) is 6.92 Å². The molecule has 0 spiro atoms. The monoisotopic (exact) mass is 313 g/mol. The van der Waals surface area contributed by atoms with Crippen molar-refractivity contribution in [2.24, 2.45) is 5.92 Å². The predicted octanol–water partition coefficient (Wildman–Crippen LogP) is 2.64. The number of carboxylic acid groups (broad SMARTS) is 1. The molecule has 1 unspecified atom stereocenters. The maximum Gasteiger partial charge on any atom is 0.308 e. The number of carboxylic acids is 1. The van der Waals surface area contributed by atoms with Crippen molar-refractivity contribution in [1.29, 1.82) is 0 Å². The van der Waals surface area contributed by atoms with Gasteiger partial charge in [-0.1, -0.05) is 31.0 Å². The fourth-order valence-electron chi connectivity index (χ4n) is 1.84. The number of hydrogen-bond donors (Lipinski definition) is 2. The summed E-state index contributed by atoms with van der Waals surface area (Å²) in [6, 6.07) is 5.21. The van der Waals surface area contributed by atoms with Gasteiger partial charge in [0, 0.05) is 17.1 Å². The van der Waals surface area contributed by atoms with Crippen molar-refractivity contribution in [3.05, 3.63) is 28.8 Å². The van der Waals surface area contributed by atoms with E-state index in [2.05, 4.69) is 5.32 Å². The Bertz CT molecular complexity index is 504. The van der Waals surface area contributed by atoms with Crippen molar-refractivity contribution in [3.63, 3.8) is 0 Å². The molecule has 0 radical (unpaired) electrons. The number of nitrogens with one attached hydrogen (secondary N) is 1. The Kier molecular flexibility index (Phi) is 7.02. The van der Waals surface area contributed by atoms with Gasteiger partial charge in [-0.3, -0.25) is 9.59 Å². The van der Waals surface area contributed by atoms with E-state index in [1.165, 1.54) is 0 Å². The van der Waals surface area contributed by atoms with Crippen molar-refractivity contribution in [3.8, 4) is 5.75 Å². The number of rotatable bonds is 8. The summed E-state index contributed by atoms with van der Waals surface area (Å²) in [6.07, 6.45) is 1.29. The SMILES string of the molecule is CCCC(CNC(=O)COc1cccc(Cl)c1C)C(=O)O. The zero-order valence-electron chi connectivity index (χ0n) is 12.2. The third-order valence-electron chi connectivity index (χ3n) is 3.11. The molecule has 1 rings (SSSR count). The van der Waals surface area contributed by atoms with Gasteiger partial charge in [0.25, 0.3) is 5.91 Å². The Balaban J connectivity index is 2.44. The standard InChI is InChI=1S/C15H20ClNO4/c1-3-5-11(15(19)20)8-17-14(18)9-21-13-7-4-6-12(16)10(13)2/h4,6-7,11H,3,5,8-9H2,1-2H3,(H,17,18)(H,19,20). The molecule has 1 amide bonds. The van der Waals surface area contributed by atoms with Crippen LogP contribution in [0.15, 0.2) is 18.2 Å². The molecule has 0 heterocycles. The molecular weight excluding hydrogens is 294 g/mol. The summed E-state index contributed by atoms with van der Waals surface area (Å²) in [5, 5.41) is 12.1. The average molecular weight is 314 g/mol. The molecule has 2 N–H and O–H groups in total. The molecule has 5 nitrogen and oxygen atoms in total. The lowest BCUT2D eigenvalue weighted by Crippen LogP contribution is -2.35. The first-order chi connectivity index (χ1) is 9.95. The number of carbonyl (C=O) groups is 2. The zero-order valence-corrected chi connectivity index (χ0v) is 12.9. The number of benzene rings is 1. The van der Waals surface area contributed by atoms with E-state index in [0.717, 1.165) is 12.0 Å². The van der Waals surface area contributed by atoms with Crippen LogP contribution in [-0.4, -0.2) is 30.1 Å². The summed E-state index contributed by atoms with van der Waals surface area (Å²) >= 11 is 5.96. The molecule has 0 bridgehead atoms. The highest BCUT2D eigenvalue weighted by molar-refractivity contribution is 6.31. The van der Waals surface area contributed by atoms with Gasteiger partial charge in [-0.2, -0.15) is 0 Å². The van der Waals surface area contributed by atoms with Crippen LogP contribution in [0.3, 0.4) is 0 Å². The first-order valence-corrected chi connectivity index (χ1v) is 7.21. The minimum atomic E-state index is -0.899. The molecular formula is C15H20ClNO4. The first-order valence-electron chi connectivity index (χ1n) is 6.83. The highest BCUT2D eigenvalue weighted by atomic mass is 35.5. The van der Waals surface area contributed by atoms with Crippen LogP contribution in [0.4, 0.5) is 0 Å². The molecule has 0 aromatic heterocycles. The van der Waals surface area contributed by atoms with Crippen molar-refractivity contribution >= 4 is 23.5 Å². The van der Waals surface area contributed by atoms with E-state index in [9.17, 15) is 9.59 Å². The van der Waals surface area contributed by atoms with Gasteiger partial charge >= 0.3 is 5.97 Å². The van der Waals surface area contributed by atoms with Gasteiger partial charge < -0.3 is 15.2 Å². The summed E-state index contributed by atoms with van der Waals surface area (Å²) < 4.78 is 5.39. The Labute approximate surface area is 129 Å². The number of carbonyl (C=O) groups excluding carboxylic acids is 1. The van der Waals surface area contributed by atoms with E-state index in [-0.39, 0.29) is 19.1 Å². The fourth-order valence-corrected chi connectivity index (χ4v) is 2.00. The number of amides is 1. The molecule has 0 aliphatic rings. The number of ether oxygens (including phenoxy) is 1. The average Bonchev–Trinajstić information content (AvgIpc) is 2.44. The minimum Gasteiger partial charge on any atom is -0.483 e. The molecule has 0 aliphatic heterocycles. The Morgan fingerprint density at radius 1 is 1.43 bits per heavy atom. The van der Waals surface area contributed by atoms with E-state index in [1.54, 1.807) is 25.1 Å². The van der Waals surface area contributed by atoms with Crippen molar-refractivity contribution in [2.45, 2.75) is 26.7 Å². The Morgan fingerprint density at radius 3 is 2.76 bits per heavy atom. The van der Waals surface area contributed by atoms with Crippen LogP contribution >= 0.6 is 11.6 Å². The maximum atomic E-state index is 11.7. The molecule has 0 aliphatic carbocycles. The number of halogens is 1. The highest BCUT2D eigenvalue weighted by Crippen LogP contribution is 2.24. The Hall–Kier alpha value is -1.75. The largest absolute Gasteiger partial charge is 0.483 e. The van der Waals surface area contributed by atoms with Crippen LogP contribution in [0.5, 0.6) is 5.75 Å². The second kappa shape index (κ2) is 8.52. The van der Waals surface area contributed by atoms with Crippen LogP contribution < -0.4 is 10.1 Å². The van der Waals surface area contributed by atoms with E-state index < -0.39 is 11.9 Å². The Morgan fingerprint density at radius 2 is 2.14 bits per heavy atom. The van der Waals surface area contributed by atoms with Crippen LogP contribution in [0.2, 0.25) is 5.02 Å². The molecule has 116 valence electrons. The van der Waals surface area contributed by atoms with Gasteiger partial charge in [0.2, 0.25) is 0 Å². The summed E-state index contributed by atoms with van der Waals surface area (Å²) in [5.41, 5.74) is 0.765. The minimum absolute atomic E-state index is 0.111. The topological polar surface area (TPSA) is 75.6 Å². The van der Waals surface area contributed by atoms with Crippen LogP contribution in [0.1, 0.15) is 25.3 Å². The number of aliphatic carboxylic acids is 1. The van der Waals surface area contributed by atoms with Gasteiger partial charge in [-0.15, -0.1) is 0 Å². The van der Waals surface area contributed by atoms with Crippen LogP contribution in [0, 0.1) is 12.8 Å². The quantitative estimate of drug-likeness (QED) is 0.773. The van der Waals surface area contributed by atoms with Gasteiger partial charge in [-0.25, -0.2) is 0 Å². The van der Waals surface area contributed by atoms with Gasteiger partial charge in [0.15, 0.2) is 6.61 Å². The van der Waals surface area contributed by atoms with Gasteiger partial charge in [0.05, 0.1) is 5.92 Å². The molecule has 6 heteroatoms. The second-order valence-corrected chi connectivity index (χ2v) is 5.19. The number of hydrogen-bond acceptors (Lipinski definition) is 3. The molecule has 0 saturated carbocycles. The van der Waals surface area contributed by atoms with E-state index >= 15 is 0 Å². The lowest BCUT2D eigenvalue weighted by atomic mass is 10.0. The molecule has 1 atom stereocenters. The third-order valence-corrected chi connectivity index (χ3v) is 3.52. The van der Waals surface area contributed by atoms with E-state index in [4.69, 9.17) is 21.4 Å². The molecule has 1 aromatic carbocycles. The second-order valence-electron chi connectivity index (χ2n) is 4.78. The zero-order chi connectivity index (χ0) is 15.8. The van der Waals surface area contributed by atoms with Crippen LogP contribution in [-0.2, 0) is 9.59 Å². The summed E-state index contributed by atoms with van der Waals surface area (Å²) in [6.45, 7) is 3.65. The molecule has 21 heavy (non-hydrogen) atoms. The maximum absolute atomic E-state index is 11.7. The first kappa shape index (κ1) is 17.3. The lowest BCUT2D eigenvalue weighted by molar-refractivity contribution is -0.142. The smallest absolute Gasteiger partial charge is 0.308 e. The molecule has 1 aromatic rings. The van der Waals surface area contributed by atoms with Gasteiger partial charge in [-0.05, 0) is 25.5 Å². The lowest BCUT2D eigenvalue weighted by Gasteiger charge is -2.13. The van der Waals surface area contributed by atoms with E-state index in [0.29, 0.717) is 17.2 Å². The highest BCUT2D eigenvalue weighted by Gasteiger charge is 2.17. The van der Waals surface area contributed by atoms with Crippen molar-refractivity contribution < 1.29 is 19.4 Å². The summed E-state index contributed by atoms with van der Waals surface area (Å²) in [4.78, 5) is 22.6. The molecule has 0 fully saturated rings. The third kappa shape index (κ3) is 5.63. The summed E-state index contributed by atoms with van der Waals surface area (Å²) in [5.74, 6) is -1.27. The fraction of sp³-hybridized carbons (Fsp3) is 0.467. The van der Waals surface area contributed by atoms with Gasteiger partial charge in [0.1, 0.15) is 5.75 Å². The van der Waals surface area contributed by atoms with Crippen LogP contribution in [0.25, 0.3) is 0 Å². The summed E-state index contributed by atoms with van der Waals surface area (Å²) in [7, 11) is 0. The van der Waals surface area contributed by atoms with Crippen molar-refractivity contribution in [2.75, 3.05) is 13.2 Å². The normalized spacial score (nSPS) is 11.8. The molecule has 0 saturated heterocycles.